The van der Waals surface area contributed by atoms with Crippen LogP contribution in [0.1, 0.15) is 498 Å². The maximum absolute atomic E-state index is 13.2. The first-order chi connectivity index (χ1) is 54.3. The van der Waals surface area contributed by atoms with Gasteiger partial charge in [0, 0.05) is 25.7 Å². The smallest absolute Gasteiger partial charge is 0.462 e. The van der Waals surface area contributed by atoms with Crippen LogP contribution in [0.25, 0.3) is 0 Å². The molecule has 6 atom stereocenters. The number of hydrogen-bond acceptors (Lipinski definition) is 15. The first-order valence-corrected chi connectivity index (χ1v) is 50.9. The van der Waals surface area contributed by atoms with E-state index in [1.165, 1.54) is 308 Å². The van der Waals surface area contributed by atoms with Gasteiger partial charge in [-0.15, -0.1) is 0 Å². The van der Waals surface area contributed by atoms with Crippen LogP contribution in [0.3, 0.4) is 0 Å². The SMILES string of the molecule is CCCCCCCCCCCCCC(=O)OC[C@H](COP(=O)(O)OC[C@H](O)COP(=O)(O)OC[C@@H](COC(=O)CCCCCCCCCCCCCCCCCCCCC(C)C)OC(=O)CCCCCCCCCCCCCCCCCCCCC(C)CC)OC(=O)CCCCCCCCCCCCCCCCCC(C)C. The lowest BCUT2D eigenvalue weighted by molar-refractivity contribution is -0.161. The number of carbonyl (C=O) groups excluding carboxylic acids is 4. The third-order valence-electron chi connectivity index (χ3n) is 22.2. The monoisotopic (exact) mass is 1630 g/mol. The van der Waals surface area contributed by atoms with Gasteiger partial charge in [0.2, 0.25) is 0 Å². The molecule has 0 aliphatic carbocycles. The predicted octanol–water partition coefficient (Wildman–Crippen LogP) is 28.8. The largest absolute Gasteiger partial charge is 0.472 e. The Morgan fingerprint density at radius 1 is 0.259 bits per heavy atom. The molecule has 19 heteroatoms. The number of rotatable bonds is 91. The van der Waals surface area contributed by atoms with Crippen molar-refractivity contribution in [3.63, 3.8) is 0 Å². The van der Waals surface area contributed by atoms with E-state index < -0.39 is 97.5 Å². The molecule has 0 heterocycles. The standard InChI is InChI=1S/C93H182O17P2/c1-8-10-11-12-13-14-36-46-53-60-67-74-90(95)103-80-88(109-93(98)77-70-63-56-49-42-35-29-23-25-31-38-44-51-58-65-72-85(5)6)82-107-111(99,100)105-78-87(94)79-106-112(101,102)108-83-89(81-104-91(96)75-68-61-54-47-40-33-27-21-17-15-19-24-30-37-43-50-57-64-71-84(3)4)110-92(97)76-69-62-55-48-41-34-28-22-18-16-20-26-32-39-45-52-59-66-73-86(7)9-2/h84-89,94H,8-83H2,1-7H3,(H,99,100)(H,101,102)/t86?,87-,88+,89+/m0/s1. The van der Waals surface area contributed by atoms with Gasteiger partial charge < -0.3 is 33.8 Å². The molecule has 0 spiro atoms. The highest BCUT2D eigenvalue weighted by Gasteiger charge is 2.31. The fraction of sp³-hybridized carbons (Fsp3) is 0.957. The topological polar surface area (TPSA) is 237 Å². The Balaban J connectivity index is 5.23. The van der Waals surface area contributed by atoms with E-state index in [1.54, 1.807) is 0 Å². The van der Waals surface area contributed by atoms with E-state index in [9.17, 15) is 43.2 Å². The van der Waals surface area contributed by atoms with Crippen molar-refractivity contribution >= 4 is 39.5 Å². The Bertz CT molecular complexity index is 2150. The summed E-state index contributed by atoms with van der Waals surface area (Å²) in [5.41, 5.74) is 0. The molecule has 0 radical (unpaired) electrons. The minimum Gasteiger partial charge on any atom is -0.462 e. The van der Waals surface area contributed by atoms with Gasteiger partial charge in [-0.3, -0.25) is 37.3 Å². The fourth-order valence-corrected chi connectivity index (χ4v) is 16.2. The third-order valence-corrected chi connectivity index (χ3v) is 24.1. The van der Waals surface area contributed by atoms with Gasteiger partial charge in [0.15, 0.2) is 12.2 Å². The highest BCUT2D eigenvalue weighted by Crippen LogP contribution is 2.45. The molecule has 0 rings (SSSR count). The van der Waals surface area contributed by atoms with Crippen LogP contribution in [-0.2, 0) is 65.4 Å². The number of phosphoric ester groups is 2. The number of phosphoric acid groups is 2. The second kappa shape index (κ2) is 82.7. The van der Waals surface area contributed by atoms with Crippen LogP contribution in [-0.4, -0.2) is 96.7 Å². The third kappa shape index (κ3) is 84.5. The van der Waals surface area contributed by atoms with E-state index in [0.717, 1.165) is 108 Å². The van der Waals surface area contributed by atoms with E-state index in [0.29, 0.717) is 25.7 Å². The number of carbonyl (C=O) groups is 4. The molecule has 3 N–H and O–H groups in total. The Morgan fingerprint density at radius 2 is 0.455 bits per heavy atom. The van der Waals surface area contributed by atoms with Crippen molar-refractivity contribution < 1.29 is 80.2 Å². The molecule has 0 aromatic carbocycles. The molecule has 0 aromatic heterocycles. The number of aliphatic hydroxyl groups is 1. The van der Waals surface area contributed by atoms with Gasteiger partial charge >= 0.3 is 39.5 Å². The van der Waals surface area contributed by atoms with Crippen molar-refractivity contribution in [2.45, 2.75) is 516 Å². The highest BCUT2D eigenvalue weighted by molar-refractivity contribution is 7.47. The van der Waals surface area contributed by atoms with Crippen LogP contribution in [0.4, 0.5) is 0 Å². The van der Waals surface area contributed by atoms with Gasteiger partial charge in [0.1, 0.15) is 19.3 Å². The average Bonchev–Trinajstić information content (AvgIpc) is 0.898. The molecule has 112 heavy (non-hydrogen) atoms. The summed E-state index contributed by atoms with van der Waals surface area (Å²) in [5, 5.41) is 10.7. The molecule has 0 amide bonds. The fourth-order valence-electron chi connectivity index (χ4n) is 14.6. The number of ether oxygens (including phenoxy) is 4. The second-order valence-electron chi connectivity index (χ2n) is 34.6. The lowest BCUT2D eigenvalue weighted by atomic mass is 9.99. The minimum absolute atomic E-state index is 0.108. The summed E-state index contributed by atoms with van der Waals surface area (Å²) in [5.74, 6) is 0.402. The van der Waals surface area contributed by atoms with Gasteiger partial charge in [-0.25, -0.2) is 9.13 Å². The maximum Gasteiger partial charge on any atom is 0.472 e. The van der Waals surface area contributed by atoms with Gasteiger partial charge in [-0.05, 0) is 43.4 Å². The Kier molecular flexibility index (Phi) is 81.3. The van der Waals surface area contributed by atoms with Crippen molar-refractivity contribution in [3.8, 4) is 0 Å². The van der Waals surface area contributed by atoms with Crippen LogP contribution in [0, 0.1) is 17.8 Å². The zero-order valence-corrected chi connectivity index (χ0v) is 75.9. The van der Waals surface area contributed by atoms with Crippen LogP contribution in [0.15, 0.2) is 0 Å². The highest BCUT2D eigenvalue weighted by atomic mass is 31.2. The lowest BCUT2D eigenvalue weighted by Gasteiger charge is -2.21. The van der Waals surface area contributed by atoms with Crippen molar-refractivity contribution in [3.05, 3.63) is 0 Å². The van der Waals surface area contributed by atoms with Gasteiger partial charge in [-0.2, -0.15) is 0 Å². The summed E-state index contributed by atoms with van der Waals surface area (Å²) >= 11 is 0. The Hall–Kier alpha value is -1.94. The first kappa shape index (κ1) is 110. The summed E-state index contributed by atoms with van der Waals surface area (Å²) < 4.78 is 69.1. The number of esters is 4. The molecule has 0 fully saturated rings. The van der Waals surface area contributed by atoms with Crippen LogP contribution in [0.5, 0.6) is 0 Å². The summed E-state index contributed by atoms with van der Waals surface area (Å²) in [6.45, 7) is 12.2. The molecule has 17 nitrogen and oxygen atoms in total. The molecule has 0 aliphatic rings. The number of hydrogen-bond donors (Lipinski definition) is 3. The average molecular weight is 1630 g/mol. The number of aliphatic hydroxyl groups excluding tert-OH is 1. The zero-order valence-electron chi connectivity index (χ0n) is 74.2. The molecular weight excluding hydrogens is 1450 g/mol. The number of unbranched alkanes of at least 4 members (excludes halogenated alkanes) is 58. The van der Waals surface area contributed by atoms with E-state index in [2.05, 4.69) is 48.5 Å². The van der Waals surface area contributed by atoms with E-state index >= 15 is 0 Å². The normalized spacial score (nSPS) is 14.0. The lowest BCUT2D eigenvalue weighted by Crippen LogP contribution is -2.30. The first-order valence-electron chi connectivity index (χ1n) is 47.9. The molecule has 0 bridgehead atoms. The second-order valence-corrected chi connectivity index (χ2v) is 37.5. The molecule has 0 saturated heterocycles. The van der Waals surface area contributed by atoms with E-state index in [4.69, 9.17) is 37.0 Å². The molecular formula is C93H182O17P2. The quantitative estimate of drug-likeness (QED) is 0.0222. The van der Waals surface area contributed by atoms with Gasteiger partial charge in [0.25, 0.3) is 0 Å². The predicted molar refractivity (Wildman–Crippen MR) is 465 cm³/mol. The summed E-state index contributed by atoms with van der Waals surface area (Å²) in [6.07, 6.45) is 76.4. The minimum atomic E-state index is -4.97. The van der Waals surface area contributed by atoms with Gasteiger partial charge in [0.05, 0.1) is 26.4 Å². The maximum atomic E-state index is 13.2. The van der Waals surface area contributed by atoms with Crippen LogP contribution >= 0.6 is 15.6 Å². The van der Waals surface area contributed by atoms with E-state index in [1.807, 2.05) is 0 Å². The van der Waals surface area contributed by atoms with Crippen molar-refractivity contribution in [1.29, 1.82) is 0 Å². The van der Waals surface area contributed by atoms with Crippen LogP contribution in [0.2, 0.25) is 0 Å². The van der Waals surface area contributed by atoms with Crippen molar-refractivity contribution in [1.82, 2.24) is 0 Å². The van der Waals surface area contributed by atoms with E-state index in [-0.39, 0.29) is 25.7 Å². The summed E-state index contributed by atoms with van der Waals surface area (Å²) in [6, 6.07) is 0. The zero-order chi connectivity index (χ0) is 82.2. The summed E-state index contributed by atoms with van der Waals surface area (Å²) in [7, 11) is -9.94. The molecule has 0 saturated carbocycles. The molecule has 0 aliphatic heterocycles. The summed E-state index contributed by atoms with van der Waals surface area (Å²) in [4.78, 5) is 73.5. The molecule has 666 valence electrons. The van der Waals surface area contributed by atoms with Gasteiger partial charge in [-0.1, -0.05) is 447 Å². The molecule has 3 unspecified atom stereocenters. The van der Waals surface area contributed by atoms with Crippen molar-refractivity contribution in [2.24, 2.45) is 17.8 Å². The van der Waals surface area contributed by atoms with Crippen LogP contribution < -0.4 is 0 Å². The molecule has 0 aromatic rings. The Morgan fingerprint density at radius 3 is 0.679 bits per heavy atom. The van der Waals surface area contributed by atoms with Crippen molar-refractivity contribution in [2.75, 3.05) is 39.6 Å². The Labute approximate surface area is 689 Å².